The van der Waals surface area contributed by atoms with Crippen LogP contribution in [0.25, 0.3) is 23.0 Å². The third kappa shape index (κ3) is 4.60. The van der Waals surface area contributed by atoms with E-state index >= 15 is 0 Å². The van der Waals surface area contributed by atoms with Crippen LogP contribution in [0.3, 0.4) is 0 Å². The van der Waals surface area contributed by atoms with Gasteiger partial charge in [0.15, 0.2) is 0 Å². The van der Waals surface area contributed by atoms with Crippen molar-refractivity contribution in [1.82, 2.24) is 14.7 Å². The highest BCUT2D eigenvalue weighted by molar-refractivity contribution is 8.26. The molecule has 1 N–H and O–H groups in total. The fourth-order valence-electron chi connectivity index (χ4n) is 3.18. The van der Waals surface area contributed by atoms with Gasteiger partial charge in [0.2, 0.25) is 0 Å². The van der Waals surface area contributed by atoms with Crippen molar-refractivity contribution in [2.45, 2.75) is 13.3 Å². The summed E-state index contributed by atoms with van der Waals surface area (Å²) in [5.74, 6) is -1.25. The normalized spacial score (nSPS) is 15.1. The van der Waals surface area contributed by atoms with E-state index in [1.54, 1.807) is 10.8 Å². The third-order valence-corrected chi connectivity index (χ3v) is 6.18. The van der Waals surface area contributed by atoms with E-state index in [4.69, 9.17) is 22.4 Å². The van der Waals surface area contributed by atoms with Crippen LogP contribution in [0.2, 0.25) is 0 Å². The quantitative estimate of drug-likeness (QED) is 0.440. The Morgan fingerprint density at radius 1 is 1.16 bits per heavy atom. The van der Waals surface area contributed by atoms with Crippen LogP contribution in [0.15, 0.2) is 65.7 Å². The molecule has 1 fully saturated rings. The van der Waals surface area contributed by atoms with Gasteiger partial charge in [0.05, 0.1) is 22.7 Å². The van der Waals surface area contributed by atoms with Crippen LogP contribution >= 0.6 is 24.0 Å². The summed E-state index contributed by atoms with van der Waals surface area (Å²) < 4.78 is 2.15. The van der Waals surface area contributed by atoms with Gasteiger partial charge in [0.25, 0.3) is 5.91 Å². The van der Waals surface area contributed by atoms with Crippen LogP contribution < -0.4 is 0 Å². The molecule has 0 aliphatic carbocycles. The number of carbonyl (C=O) groups is 2. The molecule has 0 unspecified atom stereocenters. The van der Waals surface area contributed by atoms with Crippen molar-refractivity contribution in [3.05, 3.63) is 76.8 Å². The van der Waals surface area contributed by atoms with E-state index in [-0.39, 0.29) is 18.9 Å². The van der Waals surface area contributed by atoms with Crippen molar-refractivity contribution in [3.8, 4) is 16.9 Å². The van der Waals surface area contributed by atoms with E-state index in [9.17, 15) is 9.59 Å². The Bertz CT molecular complexity index is 1180. The molecule has 0 bridgehead atoms. The fourth-order valence-corrected chi connectivity index (χ4v) is 4.48. The number of nitrogens with zero attached hydrogens (tertiary/aromatic N) is 3. The van der Waals surface area contributed by atoms with Gasteiger partial charge in [-0.3, -0.25) is 14.5 Å². The lowest BCUT2D eigenvalue weighted by atomic mass is 10.1. The van der Waals surface area contributed by atoms with Crippen molar-refractivity contribution in [1.29, 1.82) is 0 Å². The Labute approximate surface area is 189 Å². The molecule has 1 aromatic heterocycles. The molecule has 3 aromatic rings. The number of aliphatic carboxylic acids is 1. The highest BCUT2D eigenvalue weighted by Crippen LogP contribution is 2.35. The topological polar surface area (TPSA) is 75.4 Å². The zero-order valence-electron chi connectivity index (χ0n) is 16.7. The van der Waals surface area contributed by atoms with E-state index in [0.29, 0.717) is 9.23 Å². The van der Waals surface area contributed by atoms with Gasteiger partial charge in [0, 0.05) is 23.9 Å². The molecule has 6 nitrogen and oxygen atoms in total. The monoisotopic (exact) mass is 449 g/mol. The number of carboxylic acid groups (broad SMARTS) is 1. The molecule has 1 aliphatic rings. The number of aryl methyl sites for hydroxylation is 1. The summed E-state index contributed by atoms with van der Waals surface area (Å²) in [4.78, 5) is 25.5. The number of para-hydroxylation sites is 1. The Morgan fingerprint density at radius 2 is 1.87 bits per heavy atom. The summed E-state index contributed by atoms with van der Waals surface area (Å²) in [6, 6.07) is 17.8. The summed E-state index contributed by atoms with van der Waals surface area (Å²) in [6.45, 7) is 2.08. The van der Waals surface area contributed by atoms with E-state index in [1.165, 1.54) is 16.7 Å². The van der Waals surface area contributed by atoms with Gasteiger partial charge >= 0.3 is 5.97 Å². The van der Waals surface area contributed by atoms with Crippen LogP contribution in [0, 0.1) is 6.92 Å². The summed E-state index contributed by atoms with van der Waals surface area (Å²) in [6.07, 6.45) is 3.51. The summed E-state index contributed by atoms with van der Waals surface area (Å²) in [5.41, 5.74) is 4.52. The molecule has 0 saturated carbocycles. The standard InChI is InChI=1S/C23H19N3O3S2/c1-15-7-9-16(10-8-15)21-17(14-26(24-21)18-5-3-2-4-6-18)13-19-22(29)25(23(30)31-19)12-11-20(27)28/h2-10,13-14H,11-12H2,1H3,(H,27,28)/b19-13+. The third-order valence-electron chi connectivity index (χ3n) is 4.80. The fraction of sp³-hybridized carbons (Fsp3) is 0.130. The number of aromatic nitrogens is 2. The maximum atomic E-state index is 12.8. The van der Waals surface area contributed by atoms with Gasteiger partial charge in [-0.1, -0.05) is 72.0 Å². The second-order valence-corrected chi connectivity index (χ2v) is 8.73. The predicted octanol–water partition coefficient (Wildman–Crippen LogP) is 4.52. The molecule has 0 atom stereocenters. The van der Waals surface area contributed by atoms with Crippen molar-refractivity contribution in [2.75, 3.05) is 6.54 Å². The highest BCUT2D eigenvalue weighted by atomic mass is 32.2. The number of carbonyl (C=O) groups excluding carboxylic acids is 1. The minimum Gasteiger partial charge on any atom is -0.481 e. The molecule has 1 saturated heterocycles. The molecule has 0 spiro atoms. The first-order chi connectivity index (χ1) is 14.9. The van der Waals surface area contributed by atoms with Gasteiger partial charge in [-0.05, 0) is 25.1 Å². The van der Waals surface area contributed by atoms with Crippen LogP contribution in [-0.4, -0.2) is 42.5 Å². The average molecular weight is 450 g/mol. The van der Waals surface area contributed by atoms with Crippen molar-refractivity contribution in [2.24, 2.45) is 0 Å². The summed E-state index contributed by atoms with van der Waals surface area (Å²) in [7, 11) is 0. The number of benzene rings is 2. The number of amides is 1. The lowest BCUT2D eigenvalue weighted by Crippen LogP contribution is -2.30. The molecular formula is C23H19N3O3S2. The average Bonchev–Trinajstić information content (AvgIpc) is 3.29. The second-order valence-electron chi connectivity index (χ2n) is 7.06. The number of hydrogen-bond acceptors (Lipinski definition) is 5. The Hall–Kier alpha value is -3.23. The maximum Gasteiger partial charge on any atom is 0.305 e. The van der Waals surface area contributed by atoms with Crippen LogP contribution in [0.1, 0.15) is 17.5 Å². The Balaban J connectivity index is 1.74. The van der Waals surface area contributed by atoms with Crippen molar-refractivity contribution < 1.29 is 14.7 Å². The molecule has 8 heteroatoms. The predicted molar refractivity (Wildman–Crippen MR) is 126 cm³/mol. The smallest absolute Gasteiger partial charge is 0.305 e. The van der Waals surface area contributed by atoms with Gasteiger partial charge in [0.1, 0.15) is 4.32 Å². The van der Waals surface area contributed by atoms with Crippen molar-refractivity contribution in [3.63, 3.8) is 0 Å². The van der Waals surface area contributed by atoms with E-state index in [1.807, 2.05) is 67.7 Å². The lowest BCUT2D eigenvalue weighted by Gasteiger charge is -2.12. The highest BCUT2D eigenvalue weighted by Gasteiger charge is 2.32. The van der Waals surface area contributed by atoms with Gasteiger partial charge < -0.3 is 5.11 Å². The van der Waals surface area contributed by atoms with Gasteiger partial charge in [-0.2, -0.15) is 5.10 Å². The van der Waals surface area contributed by atoms with E-state index < -0.39 is 5.97 Å². The molecule has 2 heterocycles. The minimum atomic E-state index is -0.969. The minimum absolute atomic E-state index is 0.0609. The van der Waals surface area contributed by atoms with Gasteiger partial charge in [-0.15, -0.1) is 0 Å². The molecule has 4 rings (SSSR count). The van der Waals surface area contributed by atoms with Crippen LogP contribution in [-0.2, 0) is 9.59 Å². The number of rotatable bonds is 6. The number of thiocarbonyl (C=S) groups is 1. The largest absolute Gasteiger partial charge is 0.481 e. The van der Waals surface area contributed by atoms with Crippen LogP contribution in [0.5, 0.6) is 0 Å². The Kier molecular flexibility index (Phi) is 6.01. The first-order valence-corrected chi connectivity index (χ1v) is 10.8. The molecule has 1 aliphatic heterocycles. The molecule has 31 heavy (non-hydrogen) atoms. The Morgan fingerprint density at radius 3 is 2.55 bits per heavy atom. The SMILES string of the molecule is Cc1ccc(-c2nn(-c3ccccc3)cc2/C=C2/SC(=S)N(CCC(=O)O)C2=O)cc1. The molecule has 0 radical (unpaired) electrons. The van der Waals surface area contributed by atoms with E-state index in [0.717, 1.165) is 28.1 Å². The summed E-state index contributed by atoms with van der Waals surface area (Å²) >= 11 is 6.48. The second kappa shape index (κ2) is 8.87. The molecule has 1 amide bonds. The van der Waals surface area contributed by atoms with E-state index in [2.05, 4.69) is 0 Å². The molecule has 2 aromatic carbocycles. The lowest BCUT2D eigenvalue weighted by molar-refractivity contribution is -0.137. The number of thioether (sulfide) groups is 1. The van der Waals surface area contributed by atoms with Crippen molar-refractivity contribution >= 4 is 46.3 Å². The number of carboxylic acids is 1. The zero-order chi connectivity index (χ0) is 22.0. The first kappa shape index (κ1) is 21.0. The molecule has 156 valence electrons. The van der Waals surface area contributed by atoms with Crippen LogP contribution in [0.4, 0.5) is 0 Å². The molecular weight excluding hydrogens is 430 g/mol. The first-order valence-electron chi connectivity index (χ1n) is 9.61. The summed E-state index contributed by atoms with van der Waals surface area (Å²) in [5, 5.41) is 13.7. The maximum absolute atomic E-state index is 12.8. The zero-order valence-corrected chi connectivity index (χ0v) is 18.3. The number of hydrogen-bond donors (Lipinski definition) is 1. The van der Waals surface area contributed by atoms with Gasteiger partial charge in [-0.25, -0.2) is 4.68 Å².